The third-order valence-electron chi connectivity index (χ3n) is 7.50. The first-order valence-electron chi connectivity index (χ1n) is 11.8. The summed E-state index contributed by atoms with van der Waals surface area (Å²) >= 11 is 0. The minimum Gasteiger partial charge on any atom is -0.352 e. The molecule has 1 aliphatic heterocycles. The van der Waals surface area contributed by atoms with Gasteiger partial charge in [0.2, 0.25) is 0 Å². The van der Waals surface area contributed by atoms with Gasteiger partial charge < -0.3 is 16.0 Å². The number of carbonyl (C=O) groups excluding carboxylic acids is 2. The maximum absolute atomic E-state index is 12.6. The van der Waals surface area contributed by atoms with Crippen LogP contribution < -0.4 is 16.0 Å². The molecular formula is C28H27N3O2. The quantitative estimate of drug-likeness (QED) is 0.576. The Balaban J connectivity index is 1.12. The van der Waals surface area contributed by atoms with Gasteiger partial charge in [-0.05, 0) is 58.2 Å². The summed E-state index contributed by atoms with van der Waals surface area (Å²) in [6.45, 7) is 1.72. The molecule has 0 radical (unpaired) electrons. The molecule has 0 fully saturated rings. The summed E-state index contributed by atoms with van der Waals surface area (Å²) in [5.74, 6) is 1.06. The zero-order valence-electron chi connectivity index (χ0n) is 18.4. The Hall–Kier alpha value is -3.60. The zero-order chi connectivity index (χ0) is 22.4. The van der Waals surface area contributed by atoms with Gasteiger partial charge in [0.25, 0.3) is 5.91 Å². The van der Waals surface area contributed by atoms with Crippen LogP contribution in [0.2, 0.25) is 0 Å². The van der Waals surface area contributed by atoms with E-state index in [2.05, 4.69) is 64.5 Å². The predicted molar refractivity (Wildman–Crippen MR) is 127 cm³/mol. The van der Waals surface area contributed by atoms with Gasteiger partial charge in [-0.3, -0.25) is 4.79 Å². The molecule has 33 heavy (non-hydrogen) atoms. The van der Waals surface area contributed by atoms with Crippen LogP contribution in [0.4, 0.5) is 4.79 Å². The van der Waals surface area contributed by atoms with Crippen LogP contribution in [0.15, 0.2) is 66.7 Å². The van der Waals surface area contributed by atoms with Gasteiger partial charge in [0.05, 0.1) is 0 Å². The number of hydrogen-bond acceptors (Lipinski definition) is 2. The second-order valence-electron chi connectivity index (χ2n) is 9.34. The molecule has 0 saturated carbocycles. The molecule has 0 aromatic heterocycles. The highest BCUT2D eigenvalue weighted by molar-refractivity contribution is 5.96. The molecule has 1 unspecified atom stereocenters. The smallest absolute Gasteiger partial charge is 0.315 e. The molecule has 5 heteroatoms. The van der Waals surface area contributed by atoms with Crippen LogP contribution in [-0.4, -0.2) is 25.0 Å². The third-order valence-corrected chi connectivity index (χ3v) is 7.50. The number of carbonyl (C=O) groups is 2. The monoisotopic (exact) mass is 437 g/mol. The van der Waals surface area contributed by atoms with Crippen molar-refractivity contribution < 1.29 is 9.59 Å². The van der Waals surface area contributed by atoms with Gasteiger partial charge in [-0.1, -0.05) is 60.7 Å². The molecule has 3 aliphatic carbocycles. The highest BCUT2D eigenvalue weighted by atomic mass is 16.2. The second kappa shape index (κ2) is 8.07. The number of rotatable bonds is 4. The number of urea groups is 1. The van der Waals surface area contributed by atoms with Crippen LogP contribution in [-0.2, 0) is 13.0 Å². The largest absolute Gasteiger partial charge is 0.352 e. The maximum Gasteiger partial charge on any atom is 0.315 e. The lowest BCUT2D eigenvalue weighted by Gasteiger charge is -2.45. The van der Waals surface area contributed by atoms with Crippen molar-refractivity contribution in [2.45, 2.75) is 31.2 Å². The van der Waals surface area contributed by atoms with Crippen LogP contribution in [0.25, 0.3) is 0 Å². The highest BCUT2D eigenvalue weighted by Crippen LogP contribution is 2.55. The molecule has 0 saturated heterocycles. The van der Waals surface area contributed by atoms with Gasteiger partial charge in [0.15, 0.2) is 0 Å². The molecule has 5 nitrogen and oxygen atoms in total. The van der Waals surface area contributed by atoms with E-state index in [-0.39, 0.29) is 11.9 Å². The predicted octanol–water partition coefficient (Wildman–Crippen LogP) is 4.07. The average Bonchev–Trinajstić information content (AvgIpc) is 2.87. The van der Waals surface area contributed by atoms with Gasteiger partial charge in [-0.2, -0.15) is 0 Å². The lowest BCUT2D eigenvalue weighted by atomic mass is 9.59. The summed E-state index contributed by atoms with van der Waals surface area (Å²) in [6, 6.07) is 23.2. The van der Waals surface area contributed by atoms with E-state index in [1.165, 1.54) is 22.3 Å². The van der Waals surface area contributed by atoms with Crippen LogP contribution in [0.1, 0.15) is 62.0 Å². The molecule has 1 heterocycles. The summed E-state index contributed by atoms with van der Waals surface area (Å²) in [5, 5.41) is 8.95. The van der Waals surface area contributed by atoms with Crippen molar-refractivity contribution >= 4 is 11.9 Å². The number of amides is 3. The van der Waals surface area contributed by atoms with Crippen LogP contribution in [0, 0.1) is 5.92 Å². The molecule has 0 spiro atoms. The van der Waals surface area contributed by atoms with Gasteiger partial charge in [0, 0.05) is 37.0 Å². The van der Waals surface area contributed by atoms with E-state index in [0.29, 0.717) is 37.4 Å². The molecule has 1 atom stereocenters. The molecule has 7 rings (SSSR count). The SMILES string of the molecule is O=C(NCc1ccc2c(c1)C(=O)NCC2)NCC1CC2c3ccccc3C1c1ccccc12. The van der Waals surface area contributed by atoms with E-state index in [0.717, 1.165) is 29.5 Å². The van der Waals surface area contributed by atoms with Crippen molar-refractivity contribution in [1.29, 1.82) is 0 Å². The topological polar surface area (TPSA) is 70.2 Å². The van der Waals surface area contributed by atoms with Gasteiger partial charge >= 0.3 is 6.03 Å². The Morgan fingerprint density at radius 3 is 2.33 bits per heavy atom. The van der Waals surface area contributed by atoms with Crippen LogP contribution >= 0.6 is 0 Å². The maximum atomic E-state index is 12.6. The minimum atomic E-state index is -0.166. The summed E-state index contributed by atoms with van der Waals surface area (Å²) in [7, 11) is 0. The molecule has 166 valence electrons. The van der Waals surface area contributed by atoms with Crippen molar-refractivity contribution in [3.63, 3.8) is 0 Å². The molecule has 3 N–H and O–H groups in total. The number of hydrogen-bond donors (Lipinski definition) is 3. The van der Waals surface area contributed by atoms with E-state index >= 15 is 0 Å². The standard InChI is InChI=1S/C28H27N3O2/c32-27-24-13-17(9-10-18(24)11-12-29-27)15-30-28(33)31-16-19-14-25-20-5-1-3-7-22(20)26(19)23-8-4-2-6-21(23)25/h1-10,13,19,25-26H,11-12,14-16H2,(H,29,32)(H2,30,31,33). The Morgan fingerprint density at radius 2 is 1.61 bits per heavy atom. The lowest BCUT2D eigenvalue weighted by molar-refractivity contribution is 0.0946. The van der Waals surface area contributed by atoms with E-state index in [1.807, 2.05) is 18.2 Å². The first-order chi connectivity index (χ1) is 16.2. The Morgan fingerprint density at radius 1 is 0.909 bits per heavy atom. The van der Waals surface area contributed by atoms with E-state index in [4.69, 9.17) is 0 Å². The molecule has 3 aromatic carbocycles. The zero-order valence-corrected chi connectivity index (χ0v) is 18.4. The molecule has 4 aliphatic rings. The molecule has 3 amide bonds. The average molecular weight is 438 g/mol. The summed E-state index contributed by atoms with van der Waals surface area (Å²) in [6.07, 6.45) is 1.91. The molecule has 2 bridgehead atoms. The lowest BCUT2D eigenvalue weighted by Crippen LogP contribution is -2.42. The van der Waals surface area contributed by atoms with E-state index < -0.39 is 0 Å². The van der Waals surface area contributed by atoms with Gasteiger partial charge in [0.1, 0.15) is 0 Å². The van der Waals surface area contributed by atoms with Crippen molar-refractivity contribution in [1.82, 2.24) is 16.0 Å². The van der Waals surface area contributed by atoms with Crippen LogP contribution in [0.3, 0.4) is 0 Å². The molecule has 3 aromatic rings. The normalized spacial score (nSPS) is 21.9. The summed E-state index contributed by atoms with van der Waals surface area (Å²) in [5.41, 5.74) is 8.42. The highest BCUT2D eigenvalue weighted by Gasteiger charge is 2.42. The Labute approximate surface area is 193 Å². The number of benzene rings is 3. The fourth-order valence-electron chi connectivity index (χ4n) is 6.00. The van der Waals surface area contributed by atoms with Crippen molar-refractivity contribution in [3.8, 4) is 0 Å². The van der Waals surface area contributed by atoms with Crippen LogP contribution in [0.5, 0.6) is 0 Å². The van der Waals surface area contributed by atoms with Gasteiger partial charge in [-0.15, -0.1) is 0 Å². The van der Waals surface area contributed by atoms with Gasteiger partial charge in [-0.25, -0.2) is 4.79 Å². The Bertz CT molecular complexity index is 1200. The fraction of sp³-hybridized carbons (Fsp3) is 0.286. The summed E-state index contributed by atoms with van der Waals surface area (Å²) in [4.78, 5) is 24.7. The van der Waals surface area contributed by atoms with Crippen molar-refractivity contribution in [2.75, 3.05) is 13.1 Å². The fourth-order valence-corrected chi connectivity index (χ4v) is 6.00. The number of fused-ring (bicyclic) bond motifs is 2. The first-order valence-corrected chi connectivity index (χ1v) is 11.8. The Kier molecular flexibility index (Phi) is 4.90. The molecular weight excluding hydrogens is 410 g/mol. The van der Waals surface area contributed by atoms with Crippen molar-refractivity contribution in [2.24, 2.45) is 5.92 Å². The van der Waals surface area contributed by atoms with E-state index in [9.17, 15) is 9.59 Å². The van der Waals surface area contributed by atoms with Crippen molar-refractivity contribution in [3.05, 3.63) is 106 Å². The second-order valence-corrected chi connectivity index (χ2v) is 9.34. The number of nitrogens with one attached hydrogen (secondary N) is 3. The van der Waals surface area contributed by atoms with E-state index in [1.54, 1.807) is 0 Å². The first kappa shape index (κ1) is 20.0. The summed E-state index contributed by atoms with van der Waals surface area (Å²) < 4.78 is 0. The minimum absolute atomic E-state index is 0.0320. The third kappa shape index (κ3) is 3.48.